The molecule has 12 aromatic rings. The second-order valence-corrected chi connectivity index (χ2v) is 16.6. The van der Waals surface area contributed by atoms with Crippen LogP contribution in [0.3, 0.4) is 0 Å². The fourth-order valence-electron chi connectivity index (χ4n) is 10.2. The van der Waals surface area contributed by atoms with E-state index in [0.717, 1.165) is 44.4 Å². The number of fused-ring (bicyclic) bond motifs is 12. The number of pyridine rings is 2. The van der Waals surface area contributed by atoms with Gasteiger partial charge in [0.2, 0.25) is 11.4 Å². The molecule has 5 heteroatoms. The first-order valence-corrected chi connectivity index (χ1v) is 20.6. The fourth-order valence-corrected chi connectivity index (χ4v) is 10.2. The van der Waals surface area contributed by atoms with E-state index in [-0.39, 0.29) is 5.41 Å². The van der Waals surface area contributed by atoms with E-state index in [2.05, 4.69) is 193 Å². The molecule has 282 valence electrons. The molecular formula is C55H36N4O. The Morgan fingerprint density at radius 2 is 1.03 bits per heavy atom. The predicted molar refractivity (Wildman–Crippen MR) is 246 cm³/mol. The number of furan rings is 1. The number of para-hydroxylation sites is 3. The molecule has 5 heterocycles. The predicted octanol–water partition coefficient (Wildman–Crippen LogP) is 14.2. The summed E-state index contributed by atoms with van der Waals surface area (Å²) in [5, 5.41) is 6.77. The van der Waals surface area contributed by atoms with E-state index in [1.165, 1.54) is 65.9 Å². The summed E-state index contributed by atoms with van der Waals surface area (Å²) in [5.41, 5.74) is 17.8. The van der Waals surface area contributed by atoms with Crippen LogP contribution in [0.1, 0.15) is 25.0 Å². The van der Waals surface area contributed by atoms with Crippen molar-refractivity contribution in [1.82, 2.24) is 19.1 Å². The monoisotopic (exact) mass is 768 g/mol. The van der Waals surface area contributed by atoms with Crippen LogP contribution in [-0.2, 0) is 5.41 Å². The van der Waals surface area contributed by atoms with Crippen molar-refractivity contribution < 1.29 is 4.42 Å². The first-order valence-electron chi connectivity index (χ1n) is 20.6. The highest BCUT2D eigenvalue weighted by molar-refractivity contribution is 6.16. The average molecular weight is 769 g/mol. The maximum absolute atomic E-state index is 6.36. The van der Waals surface area contributed by atoms with Crippen LogP contribution >= 0.6 is 0 Å². The molecule has 0 atom stereocenters. The van der Waals surface area contributed by atoms with Gasteiger partial charge in [-0.1, -0.05) is 105 Å². The Hall–Kier alpha value is -7.76. The number of benzene rings is 7. The lowest BCUT2D eigenvalue weighted by molar-refractivity contribution is 0.640. The first-order chi connectivity index (χ1) is 29.5. The summed E-state index contributed by atoms with van der Waals surface area (Å²) in [6, 6.07) is 61.7. The number of nitrogens with zero attached hydrogens (tertiary/aromatic N) is 4. The molecule has 1 aliphatic carbocycles. The second-order valence-electron chi connectivity index (χ2n) is 16.6. The highest BCUT2D eigenvalue weighted by atomic mass is 16.3. The van der Waals surface area contributed by atoms with Crippen LogP contribution in [0.5, 0.6) is 0 Å². The minimum absolute atomic E-state index is 0.0990. The fraction of sp³-hybridized carbons (Fsp3) is 0.0545. The SMILES string of the molecule is CC1(C)c2ccccc2-c2cc3c4cc(-c5cnc6oc7nccc(-c8ccc9c(c8)c8ccccc8n9-c8ccccc8)c7c6c5)ccc4n(-c4ccccc4)c3cc21. The van der Waals surface area contributed by atoms with Crippen molar-refractivity contribution in [3.05, 3.63) is 193 Å². The molecule has 0 bridgehead atoms. The molecule has 13 rings (SSSR count). The molecule has 0 saturated carbocycles. The van der Waals surface area contributed by atoms with Crippen LogP contribution in [0.15, 0.2) is 187 Å². The van der Waals surface area contributed by atoms with Crippen molar-refractivity contribution in [2.24, 2.45) is 0 Å². The number of aromatic nitrogens is 4. The summed E-state index contributed by atoms with van der Waals surface area (Å²) in [6.45, 7) is 4.70. The van der Waals surface area contributed by atoms with Gasteiger partial charge in [-0.15, -0.1) is 0 Å². The maximum atomic E-state index is 6.36. The van der Waals surface area contributed by atoms with Gasteiger partial charge < -0.3 is 13.6 Å². The van der Waals surface area contributed by atoms with Gasteiger partial charge in [0.25, 0.3) is 0 Å². The summed E-state index contributed by atoms with van der Waals surface area (Å²) >= 11 is 0. The van der Waals surface area contributed by atoms with Crippen LogP contribution in [0.2, 0.25) is 0 Å². The molecule has 1 aliphatic rings. The van der Waals surface area contributed by atoms with E-state index in [0.29, 0.717) is 11.4 Å². The number of hydrogen-bond donors (Lipinski definition) is 0. The molecule has 0 amide bonds. The Balaban J connectivity index is 1.00. The lowest BCUT2D eigenvalue weighted by Crippen LogP contribution is -2.14. The molecular weight excluding hydrogens is 733 g/mol. The standard InChI is InChI=1S/C55H36N4O/c1-55(2)46-19-11-9-17-39(46)41-30-44-43-27-33(21-23-50(43)59(51(44)31-47(41)55)37-15-7-4-8-16-37)35-29-45-52-38(25-26-56-54(52)60-53(45)57-32-35)34-22-24-49-42(28-34)40-18-10-12-20-48(40)58(49)36-13-5-3-6-14-36/h3-32H,1-2H3. The normalized spacial score (nSPS) is 13.3. The molecule has 0 fully saturated rings. The largest absolute Gasteiger partial charge is 0.419 e. The second kappa shape index (κ2) is 12.1. The molecule has 60 heavy (non-hydrogen) atoms. The van der Waals surface area contributed by atoms with E-state index < -0.39 is 0 Å². The lowest BCUT2D eigenvalue weighted by Gasteiger charge is -2.21. The number of rotatable bonds is 4. The van der Waals surface area contributed by atoms with Crippen molar-refractivity contribution in [3.8, 4) is 44.8 Å². The van der Waals surface area contributed by atoms with E-state index in [4.69, 9.17) is 14.4 Å². The van der Waals surface area contributed by atoms with Gasteiger partial charge in [-0.25, -0.2) is 9.97 Å². The Kier molecular flexibility index (Phi) is 6.72. The average Bonchev–Trinajstić information content (AvgIpc) is 4.00. The van der Waals surface area contributed by atoms with Gasteiger partial charge in [-0.3, -0.25) is 0 Å². The smallest absolute Gasteiger partial charge is 0.230 e. The summed E-state index contributed by atoms with van der Waals surface area (Å²) in [5.74, 6) is 0. The molecule has 5 nitrogen and oxygen atoms in total. The maximum Gasteiger partial charge on any atom is 0.230 e. The van der Waals surface area contributed by atoms with E-state index in [1.807, 2.05) is 12.4 Å². The topological polar surface area (TPSA) is 48.8 Å². The van der Waals surface area contributed by atoms with E-state index in [1.54, 1.807) is 0 Å². The summed E-state index contributed by atoms with van der Waals surface area (Å²) < 4.78 is 11.1. The zero-order valence-corrected chi connectivity index (χ0v) is 33.0. The summed E-state index contributed by atoms with van der Waals surface area (Å²) in [4.78, 5) is 9.64. The van der Waals surface area contributed by atoms with Gasteiger partial charge in [0.15, 0.2) is 0 Å². The van der Waals surface area contributed by atoms with Crippen molar-refractivity contribution in [1.29, 1.82) is 0 Å². The third kappa shape index (κ3) is 4.57. The quantitative estimate of drug-likeness (QED) is 0.179. The van der Waals surface area contributed by atoms with Crippen molar-refractivity contribution in [3.63, 3.8) is 0 Å². The number of hydrogen-bond acceptors (Lipinski definition) is 3. The minimum Gasteiger partial charge on any atom is -0.419 e. The van der Waals surface area contributed by atoms with Crippen molar-refractivity contribution in [2.45, 2.75) is 19.3 Å². The zero-order chi connectivity index (χ0) is 39.7. The molecule has 0 aliphatic heterocycles. The molecule has 0 saturated heterocycles. The van der Waals surface area contributed by atoms with Crippen molar-refractivity contribution >= 4 is 65.8 Å². The Morgan fingerprint density at radius 1 is 0.417 bits per heavy atom. The molecule has 7 aromatic carbocycles. The zero-order valence-electron chi connectivity index (χ0n) is 33.0. The highest BCUT2D eigenvalue weighted by Gasteiger charge is 2.36. The molecule has 0 spiro atoms. The van der Waals surface area contributed by atoms with Gasteiger partial charge in [0.1, 0.15) is 0 Å². The van der Waals surface area contributed by atoms with Gasteiger partial charge in [0.05, 0.1) is 32.8 Å². The third-order valence-electron chi connectivity index (χ3n) is 13.0. The minimum atomic E-state index is -0.0990. The van der Waals surface area contributed by atoms with Gasteiger partial charge >= 0.3 is 0 Å². The van der Waals surface area contributed by atoms with E-state index >= 15 is 0 Å². The van der Waals surface area contributed by atoms with Gasteiger partial charge in [-0.05, 0) is 118 Å². The van der Waals surface area contributed by atoms with Crippen LogP contribution in [0, 0.1) is 0 Å². The van der Waals surface area contributed by atoms with Crippen LogP contribution in [0.4, 0.5) is 0 Å². The first kappa shape index (κ1) is 33.2. The lowest BCUT2D eigenvalue weighted by atomic mass is 9.82. The third-order valence-corrected chi connectivity index (χ3v) is 13.0. The molecule has 0 radical (unpaired) electrons. The Morgan fingerprint density at radius 3 is 1.83 bits per heavy atom. The van der Waals surface area contributed by atoms with Gasteiger partial charge in [0, 0.05) is 56.3 Å². The van der Waals surface area contributed by atoms with Gasteiger partial charge in [-0.2, -0.15) is 0 Å². The Labute approximate surface area is 345 Å². The highest BCUT2D eigenvalue weighted by Crippen LogP contribution is 2.51. The summed E-state index contributed by atoms with van der Waals surface area (Å²) in [7, 11) is 0. The van der Waals surface area contributed by atoms with Crippen molar-refractivity contribution in [2.75, 3.05) is 0 Å². The van der Waals surface area contributed by atoms with Crippen LogP contribution in [-0.4, -0.2) is 19.1 Å². The Bertz CT molecular complexity index is 3740. The van der Waals surface area contributed by atoms with Crippen LogP contribution < -0.4 is 0 Å². The van der Waals surface area contributed by atoms with Crippen LogP contribution in [0.25, 0.3) is 111 Å². The molecule has 0 unspecified atom stereocenters. The summed E-state index contributed by atoms with van der Waals surface area (Å²) in [6.07, 6.45) is 3.77. The van der Waals surface area contributed by atoms with E-state index in [9.17, 15) is 0 Å². The molecule has 0 N–H and O–H groups in total. The molecule has 5 aromatic heterocycles.